The molecule has 1 N–H and O–H groups in total. The van der Waals surface area contributed by atoms with E-state index in [2.05, 4.69) is 4.98 Å². The summed E-state index contributed by atoms with van der Waals surface area (Å²) in [4.78, 5) is 33.9. The second-order valence-corrected chi connectivity index (χ2v) is 13.9. The molecule has 0 unspecified atom stereocenters. The summed E-state index contributed by atoms with van der Waals surface area (Å²) < 4.78 is 57.4. The molecule has 0 radical (unpaired) electrons. The van der Waals surface area contributed by atoms with Gasteiger partial charge in [0.2, 0.25) is 5.36 Å². The molecule has 262 valence electrons. The predicted molar refractivity (Wildman–Crippen MR) is 192 cm³/mol. The number of carbonyl (C=O) groups excluding carboxylic acids is 2. The number of hydrogen-bond acceptors (Lipinski definition) is 7. The summed E-state index contributed by atoms with van der Waals surface area (Å²) in [6.45, 7) is 0.0849. The largest absolute Gasteiger partial charge is 0.478 e. The highest BCUT2D eigenvalue weighted by Crippen LogP contribution is 2.46. The number of pyridine rings is 2. The molecule has 52 heavy (non-hydrogen) atoms. The maximum Gasteiger partial charge on any atom is 0.427 e. The fraction of sp³-hybridized carbons (Fsp3) is 0.128. The zero-order valence-corrected chi connectivity index (χ0v) is 29.0. The first-order valence-electron chi connectivity index (χ1n) is 16.3. The molecule has 11 nitrogen and oxygen atoms in total. The molecule has 2 aromatic heterocycles. The first-order chi connectivity index (χ1) is 25.1. The fourth-order valence-electron chi connectivity index (χ4n) is 6.10. The van der Waals surface area contributed by atoms with E-state index >= 15 is 0 Å². The minimum Gasteiger partial charge on any atom is -0.478 e. The van der Waals surface area contributed by atoms with Gasteiger partial charge in [-0.2, -0.15) is 13.1 Å². The Bertz CT molecular complexity index is 2430. The second kappa shape index (κ2) is 14.1. The van der Waals surface area contributed by atoms with E-state index < -0.39 is 34.1 Å². The van der Waals surface area contributed by atoms with Crippen LogP contribution in [0, 0.1) is 5.82 Å². The molecule has 2 amide bonds. The van der Waals surface area contributed by atoms with Gasteiger partial charge >= 0.3 is 16.3 Å². The highest BCUT2D eigenvalue weighted by Gasteiger charge is 2.38. The monoisotopic (exact) mass is 718 g/mol. The Morgan fingerprint density at radius 3 is 2.13 bits per heavy atom. The third kappa shape index (κ3) is 6.86. The van der Waals surface area contributed by atoms with Gasteiger partial charge < -0.3 is 14.4 Å². The molecule has 6 aromatic rings. The number of benzene rings is 4. The Kier molecular flexibility index (Phi) is 9.26. The number of aromatic nitrogens is 2. The lowest BCUT2D eigenvalue weighted by molar-refractivity contribution is 0.0762. The summed E-state index contributed by atoms with van der Waals surface area (Å²) in [5.41, 5.74) is 2.96. The van der Waals surface area contributed by atoms with Crippen LogP contribution in [0.4, 0.5) is 9.18 Å². The van der Waals surface area contributed by atoms with Crippen molar-refractivity contribution in [3.8, 4) is 11.5 Å². The average molecular weight is 719 g/mol. The predicted octanol–water partition coefficient (Wildman–Crippen LogP) is 5.41. The zero-order valence-electron chi connectivity index (χ0n) is 28.1. The van der Waals surface area contributed by atoms with E-state index in [1.54, 1.807) is 41.0 Å². The first-order valence-corrected chi connectivity index (χ1v) is 17.7. The molecular weight excluding hydrogens is 686 g/mol. The van der Waals surface area contributed by atoms with E-state index in [0.717, 1.165) is 20.5 Å². The average Bonchev–Trinajstić information content (AvgIpc) is 3.47. The van der Waals surface area contributed by atoms with Crippen LogP contribution in [0.1, 0.15) is 38.7 Å². The Labute approximate surface area is 299 Å². The highest BCUT2D eigenvalue weighted by molar-refractivity contribution is 7.88. The number of halogens is 1. The molecule has 3 heterocycles. The molecule has 0 atom stereocenters. The molecule has 0 aliphatic carbocycles. The summed E-state index contributed by atoms with van der Waals surface area (Å²) in [5, 5.41) is 1.07. The van der Waals surface area contributed by atoms with Crippen LogP contribution in [-0.4, -0.2) is 48.4 Å². The van der Waals surface area contributed by atoms with E-state index in [-0.39, 0.29) is 35.7 Å². The van der Waals surface area contributed by atoms with Crippen LogP contribution >= 0.6 is 0 Å². The number of rotatable bonds is 9. The maximum absolute atomic E-state index is 14.4. The summed E-state index contributed by atoms with van der Waals surface area (Å²) >= 11 is 0. The van der Waals surface area contributed by atoms with Gasteiger partial charge in [-0.1, -0.05) is 72.8 Å². The van der Waals surface area contributed by atoms with Crippen molar-refractivity contribution in [1.82, 2.24) is 23.2 Å². The second-order valence-electron chi connectivity index (χ2n) is 12.3. The van der Waals surface area contributed by atoms with E-state index in [9.17, 15) is 22.4 Å². The first kappa shape index (κ1) is 34.1. The lowest BCUT2D eigenvalue weighted by Gasteiger charge is -2.23. The van der Waals surface area contributed by atoms with E-state index in [0.29, 0.717) is 16.5 Å². The van der Waals surface area contributed by atoms with Gasteiger partial charge in [0.25, 0.3) is 5.91 Å². The van der Waals surface area contributed by atoms with Crippen molar-refractivity contribution in [3.63, 3.8) is 0 Å². The normalized spacial score (nSPS) is 12.5. The van der Waals surface area contributed by atoms with Crippen LogP contribution in [0.5, 0.6) is 11.5 Å². The van der Waals surface area contributed by atoms with Gasteiger partial charge in [0, 0.05) is 48.2 Å². The van der Waals surface area contributed by atoms with Gasteiger partial charge in [0.05, 0.1) is 12.1 Å². The van der Waals surface area contributed by atoms with Crippen molar-refractivity contribution in [1.29, 1.82) is 0 Å². The van der Waals surface area contributed by atoms with Crippen molar-refractivity contribution in [3.05, 3.63) is 167 Å². The van der Waals surface area contributed by atoms with Crippen LogP contribution < -0.4 is 24.1 Å². The molecule has 1 aliphatic heterocycles. The summed E-state index contributed by atoms with van der Waals surface area (Å²) in [5.74, 6) is -0.718. The molecule has 4 aromatic carbocycles. The van der Waals surface area contributed by atoms with Crippen molar-refractivity contribution >= 4 is 33.1 Å². The van der Waals surface area contributed by atoms with Crippen molar-refractivity contribution in [2.24, 2.45) is 0 Å². The van der Waals surface area contributed by atoms with Gasteiger partial charge in [-0.15, -0.1) is 0 Å². The number of hydrogen-bond donors (Lipinski definition) is 1. The number of ether oxygens (including phenoxy) is 2. The molecule has 0 spiro atoms. The molecule has 0 saturated carbocycles. The SMILES string of the molecule is C[N+](C)=c1ccn(S(=O)(=O)NC(=O)Oc2c3c(c(OC(c4ccccc4)c4ccccc4)c4ncccc24)C(=O)N(Cc2ccc(F)cc2)C3)cc1. The van der Waals surface area contributed by atoms with Gasteiger partial charge in [0.15, 0.2) is 5.75 Å². The van der Waals surface area contributed by atoms with Crippen molar-refractivity contribution in [2.45, 2.75) is 19.2 Å². The van der Waals surface area contributed by atoms with Gasteiger partial charge in [-0.3, -0.25) is 9.78 Å². The number of fused-ring (bicyclic) bond motifs is 2. The summed E-state index contributed by atoms with van der Waals surface area (Å²) in [6.07, 6.45) is 2.18. The highest BCUT2D eigenvalue weighted by atomic mass is 32.2. The van der Waals surface area contributed by atoms with Gasteiger partial charge in [-0.05, 0) is 41.0 Å². The van der Waals surface area contributed by atoms with Crippen LogP contribution in [-0.2, 0) is 23.3 Å². The molecule has 7 rings (SSSR count). The van der Waals surface area contributed by atoms with Gasteiger partial charge in [-0.25, -0.2) is 17.7 Å². The molecule has 0 saturated heterocycles. The van der Waals surface area contributed by atoms with E-state index in [1.165, 1.54) is 35.6 Å². The fourth-order valence-corrected chi connectivity index (χ4v) is 6.90. The lowest BCUT2D eigenvalue weighted by Crippen LogP contribution is -2.37. The molecule has 13 heteroatoms. The number of nitrogens with one attached hydrogen (secondary N) is 1. The Hall–Kier alpha value is -6.34. The lowest BCUT2D eigenvalue weighted by atomic mass is 9.99. The quantitative estimate of drug-likeness (QED) is 0.198. The van der Waals surface area contributed by atoms with E-state index in [1.807, 2.05) is 79.5 Å². The van der Waals surface area contributed by atoms with Gasteiger partial charge in [0.1, 0.15) is 37.3 Å². The maximum atomic E-state index is 14.4. The zero-order chi connectivity index (χ0) is 36.4. The molecule has 1 aliphatic rings. The standard InChI is InChI=1S/C39H32FN5O6S/c1-43(2)30-19-22-45(23-20-30)52(48,49)42-39(47)51-36-31-14-9-21-41-34(31)37(50-35(27-10-5-3-6-11-27)28-12-7-4-8-13-28)33-32(36)25-44(38(33)46)24-26-15-17-29(40)18-16-26/h3-23,35H,24-25H2,1-2H3/p+1. The molecular formula is C39H33FN5O6S+. The number of nitrogens with zero attached hydrogens (tertiary/aromatic N) is 4. The molecule has 0 fully saturated rings. The smallest absolute Gasteiger partial charge is 0.427 e. The van der Waals surface area contributed by atoms with Crippen LogP contribution in [0.2, 0.25) is 0 Å². The van der Waals surface area contributed by atoms with E-state index in [4.69, 9.17) is 9.47 Å². The van der Waals surface area contributed by atoms with Crippen molar-refractivity contribution < 1.29 is 31.9 Å². The van der Waals surface area contributed by atoms with Crippen molar-refractivity contribution in [2.75, 3.05) is 14.1 Å². The summed E-state index contributed by atoms with van der Waals surface area (Å²) in [7, 11) is -0.791. The number of carbonyl (C=O) groups is 2. The van der Waals surface area contributed by atoms with Crippen LogP contribution in [0.3, 0.4) is 0 Å². The summed E-state index contributed by atoms with van der Waals surface area (Å²) in [6, 6.07) is 31.3. The van der Waals surface area contributed by atoms with Crippen LogP contribution in [0.15, 0.2) is 128 Å². The Morgan fingerprint density at radius 1 is 0.885 bits per heavy atom. The minimum atomic E-state index is -4.42. The minimum absolute atomic E-state index is 0.0236. The van der Waals surface area contributed by atoms with Crippen LogP contribution in [0.25, 0.3) is 10.9 Å². The Morgan fingerprint density at radius 2 is 1.52 bits per heavy atom. The molecule has 0 bridgehead atoms. The third-order valence-corrected chi connectivity index (χ3v) is 9.86. The third-order valence-electron chi connectivity index (χ3n) is 8.63. The Balaban J connectivity index is 1.33. The topological polar surface area (TPSA) is 123 Å². The number of amides is 2.